The van der Waals surface area contributed by atoms with Gasteiger partial charge in [-0.2, -0.15) is 0 Å². The molecule has 1 N–H and O–H groups in total. The number of nitrogens with one attached hydrogen (secondary N) is 1. The highest BCUT2D eigenvalue weighted by atomic mass is 16.5. The Labute approximate surface area is 68.1 Å². The smallest absolute Gasteiger partial charge is 0.245 e. The monoisotopic (exact) mass is 159 g/mol. The Kier molecular flexibility index (Phi) is 5.84. The first-order valence-electron chi connectivity index (χ1n) is 3.95. The first kappa shape index (κ1) is 10.4. The van der Waals surface area contributed by atoms with Gasteiger partial charge in [0.15, 0.2) is 0 Å². The zero-order valence-corrected chi connectivity index (χ0v) is 7.52. The summed E-state index contributed by atoms with van der Waals surface area (Å²) in [6, 6.07) is 0. The van der Waals surface area contributed by atoms with E-state index in [0.29, 0.717) is 12.5 Å². The number of hydrogen-bond acceptors (Lipinski definition) is 2. The van der Waals surface area contributed by atoms with Crippen molar-refractivity contribution in [3.05, 3.63) is 0 Å². The Morgan fingerprint density at radius 3 is 2.64 bits per heavy atom. The van der Waals surface area contributed by atoms with Crippen molar-refractivity contribution in [2.75, 3.05) is 20.3 Å². The van der Waals surface area contributed by atoms with Gasteiger partial charge in [-0.3, -0.25) is 4.79 Å². The van der Waals surface area contributed by atoms with Crippen LogP contribution >= 0.6 is 0 Å². The van der Waals surface area contributed by atoms with Crippen molar-refractivity contribution < 1.29 is 9.53 Å². The summed E-state index contributed by atoms with van der Waals surface area (Å²) in [6.45, 7) is 5.11. The molecule has 0 saturated carbocycles. The lowest BCUT2D eigenvalue weighted by Gasteiger charge is -2.04. The Hall–Kier alpha value is -0.570. The van der Waals surface area contributed by atoms with Gasteiger partial charge in [-0.15, -0.1) is 0 Å². The minimum atomic E-state index is -0.0613. The second-order valence-corrected chi connectivity index (χ2v) is 2.91. The molecule has 0 fully saturated rings. The average Bonchev–Trinajstić information content (AvgIpc) is 1.97. The second-order valence-electron chi connectivity index (χ2n) is 2.91. The van der Waals surface area contributed by atoms with Crippen LogP contribution in [0, 0.1) is 5.92 Å². The maximum absolute atomic E-state index is 10.6. The molecule has 3 heteroatoms. The molecule has 0 aliphatic carbocycles. The molecule has 0 radical (unpaired) electrons. The standard InChI is InChI=1S/C8H17NO2/c1-7(2)4-5-11-6-8(10)9-3/h7H,4-6H2,1-3H3,(H,9,10). The fourth-order valence-electron chi connectivity index (χ4n) is 0.556. The number of hydrogen-bond donors (Lipinski definition) is 1. The van der Waals surface area contributed by atoms with E-state index in [-0.39, 0.29) is 12.5 Å². The van der Waals surface area contributed by atoms with E-state index in [0.717, 1.165) is 6.42 Å². The van der Waals surface area contributed by atoms with Crippen molar-refractivity contribution in [2.24, 2.45) is 5.92 Å². The van der Waals surface area contributed by atoms with Crippen molar-refractivity contribution in [3.63, 3.8) is 0 Å². The first-order chi connectivity index (χ1) is 5.16. The van der Waals surface area contributed by atoms with Gasteiger partial charge in [-0.25, -0.2) is 0 Å². The van der Waals surface area contributed by atoms with Crippen molar-refractivity contribution in [1.82, 2.24) is 5.32 Å². The van der Waals surface area contributed by atoms with E-state index in [9.17, 15) is 4.79 Å². The number of ether oxygens (including phenoxy) is 1. The molecule has 0 saturated heterocycles. The van der Waals surface area contributed by atoms with Crippen LogP contribution in [0.25, 0.3) is 0 Å². The molecule has 0 unspecified atom stereocenters. The van der Waals surface area contributed by atoms with Crippen molar-refractivity contribution in [1.29, 1.82) is 0 Å². The van der Waals surface area contributed by atoms with Gasteiger partial charge >= 0.3 is 0 Å². The van der Waals surface area contributed by atoms with Crippen LogP contribution in [0.4, 0.5) is 0 Å². The number of amides is 1. The molecule has 0 aromatic carbocycles. The average molecular weight is 159 g/mol. The lowest BCUT2D eigenvalue weighted by molar-refractivity contribution is -0.125. The van der Waals surface area contributed by atoms with E-state index in [1.54, 1.807) is 7.05 Å². The van der Waals surface area contributed by atoms with Gasteiger partial charge in [0.1, 0.15) is 6.61 Å². The lowest BCUT2D eigenvalue weighted by Crippen LogP contribution is -2.23. The third kappa shape index (κ3) is 7.33. The van der Waals surface area contributed by atoms with Gasteiger partial charge < -0.3 is 10.1 Å². The van der Waals surface area contributed by atoms with Gasteiger partial charge in [0.25, 0.3) is 0 Å². The van der Waals surface area contributed by atoms with E-state index in [4.69, 9.17) is 4.74 Å². The molecule has 66 valence electrons. The van der Waals surface area contributed by atoms with Crippen molar-refractivity contribution in [3.8, 4) is 0 Å². The predicted octanol–water partition coefficient (Wildman–Crippen LogP) is 0.795. The Morgan fingerprint density at radius 1 is 1.55 bits per heavy atom. The van der Waals surface area contributed by atoms with E-state index < -0.39 is 0 Å². The zero-order chi connectivity index (χ0) is 8.69. The highest BCUT2D eigenvalue weighted by Gasteiger charge is 1.97. The maximum Gasteiger partial charge on any atom is 0.245 e. The molecule has 0 atom stereocenters. The van der Waals surface area contributed by atoms with Crippen LogP contribution in [0.2, 0.25) is 0 Å². The van der Waals surface area contributed by atoms with E-state index in [1.807, 2.05) is 0 Å². The fraction of sp³-hybridized carbons (Fsp3) is 0.875. The first-order valence-corrected chi connectivity index (χ1v) is 3.95. The molecule has 3 nitrogen and oxygen atoms in total. The molecule has 0 aromatic rings. The molecular weight excluding hydrogens is 142 g/mol. The molecule has 1 amide bonds. The quantitative estimate of drug-likeness (QED) is 0.602. The predicted molar refractivity (Wildman–Crippen MR) is 44.3 cm³/mol. The van der Waals surface area contributed by atoms with Crippen LogP contribution in [0.3, 0.4) is 0 Å². The minimum Gasteiger partial charge on any atom is -0.372 e. The Bertz CT molecular complexity index is 113. The summed E-state index contributed by atoms with van der Waals surface area (Å²) in [6.07, 6.45) is 1.01. The molecule has 0 aromatic heterocycles. The molecule has 11 heavy (non-hydrogen) atoms. The maximum atomic E-state index is 10.6. The molecule has 0 aliphatic rings. The number of carbonyl (C=O) groups is 1. The summed E-state index contributed by atoms with van der Waals surface area (Å²) in [5.74, 6) is 0.577. The molecule has 0 rings (SSSR count). The van der Waals surface area contributed by atoms with E-state index in [1.165, 1.54) is 0 Å². The van der Waals surface area contributed by atoms with Gasteiger partial charge in [0, 0.05) is 13.7 Å². The van der Waals surface area contributed by atoms with Gasteiger partial charge in [0.05, 0.1) is 0 Å². The summed E-state index contributed by atoms with van der Waals surface area (Å²) < 4.78 is 5.09. The van der Waals surface area contributed by atoms with Gasteiger partial charge in [0.2, 0.25) is 5.91 Å². The van der Waals surface area contributed by atoms with Crippen LogP contribution in [0.5, 0.6) is 0 Å². The number of carbonyl (C=O) groups excluding carboxylic acids is 1. The van der Waals surface area contributed by atoms with Crippen LogP contribution in [0.1, 0.15) is 20.3 Å². The van der Waals surface area contributed by atoms with E-state index >= 15 is 0 Å². The van der Waals surface area contributed by atoms with Gasteiger partial charge in [-0.1, -0.05) is 13.8 Å². The SMILES string of the molecule is CNC(=O)COCCC(C)C. The highest BCUT2D eigenvalue weighted by molar-refractivity contribution is 5.76. The third-order valence-corrected chi connectivity index (χ3v) is 1.35. The molecular formula is C8H17NO2. The fourth-order valence-corrected chi connectivity index (χ4v) is 0.556. The number of rotatable bonds is 5. The molecule has 0 heterocycles. The Morgan fingerprint density at radius 2 is 2.18 bits per heavy atom. The summed E-state index contributed by atoms with van der Waals surface area (Å²) in [4.78, 5) is 10.6. The summed E-state index contributed by atoms with van der Waals surface area (Å²) >= 11 is 0. The van der Waals surface area contributed by atoms with Crippen LogP contribution in [-0.2, 0) is 9.53 Å². The van der Waals surface area contributed by atoms with Crippen molar-refractivity contribution >= 4 is 5.91 Å². The summed E-state index contributed by atoms with van der Waals surface area (Å²) in [5, 5.41) is 2.49. The van der Waals surface area contributed by atoms with Crippen LogP contribution in [0.15, 0.2) is 0 Å². The lowest BCUT2D eigenvalue weighted by atomic mass is 10.1. The highest BCUT2D eigenvalue weighted by Crippen LogP contribution is 1.98. The van der Waals surface area contributed by atoms with Crippen LogP contribution < -0.4 is 5.32 Å². The second kappa shape index (κ2) is 6.16. The topological polar surface area (TPSA) is 38.3 Å². The van der Waals surface area contributed by atoms with E-state index in [2.05, 4.69) is 19.2 Å². The number of likely N-dealkylation sites (N-methyl/N-ethyl adjacent to an activating group) is 1. The summed E-state index contributed by atoms with van der Waals surface area (Å²) in [5.41, 5.74) is 0. The molecule has 0 bridgehead atoms. The minimum absolute atomic E-state index is 0.0613. The largest absolute Gasteiger partial charge is 0.372 e. The van der Waals surface area contributed by atoms with Gasteiger partial charge in [-0.05, 0) is 12.3 Å². The van der Waals surface area contributed by atoms with Crippen LogP contribution in [-0.4, -0.2) is 26.2 Å². The molecule has 0 aliphatic heterocycles. The summed E-state index contributed by atoms with van der Waals surface area (Å²) in [7, 11) is 1.61. The van der Waals surface area contributed by atoms with Crippen molar-refractivity contribution in [2.45, 2.75) is 20.3 Å². The zero-order valence-electron chi connectivity index (χ0n) is 7.52. The normalized spacial score (nSPS) is 10.2. The molecule has 0 spiro atoms. The third-order valence-electron chi connectivity index (χ3n) is 1.35. The Balaban J connectivity index is 3.08.